The SMILES string of the molecule is COc1cc(OC2CC(N(CCN3CCOCC3)CC3CCN(c4ccc(C(=O)NC5C(C)(C)C(Oc6cc(C)c(C#N)c(C)c6)C5(C)C)cc4)CC3)C2)cc2c1C(=O)N(C1CCC(=O)NC1=O)C2=O. The van der Waals surface area contributed by atoms with Crippen LogP contribution in [-0.4, -0.2) is 141 Å². The molecule has 16 nitrogen and oxygen atoms in total. The van der Waals surface area contributed by atoms with Crippen molar-refractivity contribution in [1.82, 2.24) is 25.3 Å². The highest BCUT2D eigenvalue weighted by molar-refractivity contribution is 6.24. The van der Waals surface area contributed by atoms with Crippen molar-refractivity contribution in [2.75, 3.05) is 71.0 Å². The number of nitrogens with zero attached hydrogens (tertiary/aromatic N) is 5. The van der Waals surface area contributed by atoms with Crippen molar-refractivity contribution in [1.29, 1.82) is 5.26 Å². The number of fused-ring (bicyclic) bond motifs is 1. The van der Waals surface area contributed by atoms with Crippen molar-refractivity contribution in [3.05, 3.63) is 81.9 Å². The lowest BCUT2D eigenvalue weighted by Crippen LogP contribution is -2.74. The number of benzene rings is 3. The van der Waals surface area contributed by atoms with Gasteiger partial charge in [0.2, 0.25) is 11.8 Å². The molecular weight excluding hydrogens is 891 g/mol. The number of morpholine rings is 1. The van der Waals surface area contributed by atoms with Crippen LogP contribution < -0.4 is 29.7 Å². The van der Waals surface area contributed by atoms with Crippen LogP contribution in [0.1, 0.15) is 114 Å². The van der Waals surface area contributed by atoms with Crippen LogP contribution in [-0.2, 0) is 14.3 Å². The van der Waals surface area contributed by atoms with Crippen LogP contribution in [0.3, 0.4) is 0 Å². The summed E-state index contributed by atoms with van der Waals surface area (Å²) in [4.78, 5) is 73.8. The fourth-order valence-corrected chi connectivity index (χ4v) is 12.3. The number of nitrogens with one attached hydrogen (secondary N) is 2. The molecule has 372 valence electrons. The van der Waals surface area contributed by atoms with Gasteiger partial charge in [-0.2, -0.15) is 5.26 Å². The number of hydrogen-bond acceptors (Lipinski definition) is 13. The fourth-order valence-electron chi connectivity index (χ4n) is 12.3. The number of imide groups is 2. The highest BCUT2D eigenvalue weighted by Crippen LogP contribution is 2.56. The zero-order chi connectivity index (χ0) is 49.6. The zero-order valence-corrected chi connectivity index (χ0v) is 41.6. The number of methoxy groups -OCH3 is 1. The van der Waals surface area contributed by atoms with E-state index >= 15 is 0 Å². The highest BCUT2D eigenvalue weighted by Gasteiger charge is 2.64. The summed E-state index contributed by atoms with van der Waals surface area (Å²) in [5.41, 5.74) is 3.76. The van der Waals surface area contributed by atoms with Crippen LogP contribution in [0.4, 0.5) is 5.69 Å². The van der Waals surface area contributed by atoms with E-state index in [1.165, 1.54) is 7.11 Å². The van der Waals surface area contributed by atoms with E-state index in [-0.39, 0.29) is 64.7 Å². The molecule has 2 aliphatic carbocycles. The van der Waals surface area contributed by atoms with E-state index in [4.69, 9.17) is 18.9 Å². The Morgan fingerprint density at radius 3 is 2.17 bits per heavy atom. The number of anilines is 1. The van der Waals surface area contributed by atoms with Gasteiger partial charge in [0.1, 0.15) is 35.5 Å². The van der Waals surface area contributed by atoms with E-state index in [2.05, 4.69) is 71.2 Å². The van der Waals surface area contributed by atoms with E-state index < -0.39 is 29.7 Å². The van der Waals surface area contributed by atoms with Gasteiger partial charge in [-0.25, -0.2) is 0 Å². The van der Waals surface area contributed by atoms with Gasteiger partial charge in [-0.05, 0) is 92.6 Å². The van der Waals surface area contributed by atoms with Gasteiger partial charge < -0.3 is 29.2 Å². The Morgan fingerprint density at radius 1 is 0.886 bits per heavy atom. The van der Waals surface area contributed by atoms with E-state index in [9.17, 15) is 29.2 Å². The number of rotatable bonds is 15. The molecule has 0 aromatic heterocycles. The number of piperidine rings is 2. The van der Waals surface area contributed by atoms with Gasteiger partial charge in [-0.15, -0.1) is 0 Å². The predicted octanol–water partition coefficient (Wildman–Crippen LogP) is 5.66. The van der Waals surface area contributed by atoms with Crippen LogP contribution in [0.5, 0.6) is 17.2 Å². The van der Waals surface area contributed by atoms with Crippen molar-refractivity contribution in [2.24, 2.45) is 16.7 Å². The third-order valence-corrected chi connectivity index (χ3v) is 16.0. The number of amides is 5. The van der Waals surface area contributed by atoms with Crippen LogP contribution >= 0.6 is 0 Å². The normalized spacial score (nSPS) is 25.4. The molecule has 1 atom stereocenters. The first kappa shape index (κ1) is 49.0. The zero-order valence-electron chi connectivity index (χ0n) is 41.6. The number of carbonyl (C=O) groups excluding carboxylic acids is 5. The van der Waals surface area contributed by atoms with E-state index in [1.807, 2.05) is 38.1 Å². The Labute approximate surface area is 410 Å². The molecule has 9 rings (SSSR count). The molecule has 5 fully saturated rings. The van der Waals surface area contributed by atoms with Gasteiger partial charge in [0, 0.05) is 105 Å². The number of aryl methyl sites for hydroxylation is 2. The lowest BCUT2D eigenvalue weighted by atomic mass is 9.49. The summed E-state index contributed by atoms with van der Waals surface area (Å²) in [6.45, 7) is 20.5. The number of nitriles is 1. The highest BCUT2D eigenvalue weighted by atomic mass is 16.5. The van der Waals surface area contributed by atoms with Crippen LogP contribution in [0.15, 0.2) is 48.5 Å². The average molecular weight is 958 g/mol. The first-order chi connectivity index (χ1) is 33.5. The van der Waals surface area contributed by atoms with Gasteiger partial charge in [0.05, 0.1) is 43.1 Å². The maximum atomic E-state index is 13.7. The van der Waals surface area contributed by atoms with Gasteiger partial charge >= 0.3 is 0 Å². The molecule has 3 aromatic rings. The molecule has 3 aromatic carbocycles. The lowest BCUT2D eigenvalue weighted by molar-refractivity contribution is -0.164. The molecule has 3 saturated heterocycles. The third kappa shape index (κ3) is 9.47. The second kappa shape index (κ2) is 19.6. The number of carbonyl (C=O) groups is 5. The summed E-state index contributed by atoms with van der Waals surface area (Å²) in [7, 11) is 1.44. The predicted molar refractivity (Wildman–Crippen MR) is 261 cm³/mol. The topological polar surface area (TPSA) is 183 Å². The Kier molecular flexibility index (Phi) is 13.7. The monoisotopic (exact) mass is 958 g/mol. The molecule has 0 bridgehead atoms. The minimum Gasteiger partial charge on any atom is -0.496 e. The van der Waals surface area contributed by atoms with Crippen LogP contribution in [0.25, 0.3) is 0 Å². The lowest BCUT2D eigenvalue weighted by Gasteiger charge is -2.63. The molecule has 0 spiro atoms. The fraction of sp³-hybridized carbons (Fsp3) is 0.556. The van der Waals surface area contributed by atoms with E-state index in [1.54, 1.807) is 12.1 Å². The second-order valence-electron chi connectivity index (χ2n) is 21.4. The largest absolute Gasteiger partial charge is 0.496 e. The van der Waals surface area contributed by atoms with Crippen molar-refractivity contribution in [3.63, 3.8) is 0 Å². The van der Waals surface area contributed by atoms with Crippen molar-refractivity contribution < 1.29 is 42.9 Å². The summed E-state index contributed by atoms with van der Waals surface area (Å²) in [6, 6.07) is 16.5. The quantitative estimate of drug-likeness (QED) is 0.178. The molecule has 1 unspecified atom stereocenters. The molecule has 4 aliphatic heterocycles. The number of ether oxygens (including phenoxy) is 4. The van der Waals surface area contributed by atoms with Crippen molar-refractivity contribution in [3.8, 4) is 23.3 Å². The molecule has 0 radical (unpaired) electrons. The molecule has 4 heterocycles. The Hall–Kier alpha value is -6.02. The first-order valence-corrected chi connectivity index (χ1v) is 24.9. The molecular formula is C54H67N7O9. The first-order valence-electron chi connectivity index (χ1n) is 24.9. The smallest absolute Gasteiger partial charge is 0.266 e. The standard InChI is InChI=1S/C54H67N7O9/c1-32-24-38(25-33(2)42(32)30-55)70-52-53(3,4)51(54(52,5)6)57-47(63)35-8-10-36(11-9-35)59-16-14-34(15-17-59)31-60(19-18-58-20-22-68-23-21-58)37-26-39(27-37)69-40-28-41-46(44(29-40)67-7)50(66)61(49(41)65)43-12-13-45(62)56-48(43)64/h8-11,24-25,28-29,34,37,39,43,51-52H,12-23,26-27,31H2,1-7H3,(H,57,63)(H,56,62,64). The average Bonchev–Trinajstić information content (AvgIpc) is 3.57. The Bertz CT molecular complexity index is 2530. The molecule has 16 heteroatoms. The summed E-state index contributed by atoms with van der Waals surface area (Å²) >= 11 is 0. The summed E-state index contributed by atoms with van der Waals surface area (Å²) in [5.74, 6) is -0.499. The maximum absolute atomic E-state index is 13.7. The van der Waals surface area contributed by atoms with Crippen molar-refractivity contribution in [2.45, 2.75) is 110 Å². The van der Waals surface area contributed by atoms with Crippen molar-refractivity contribution >= 4 is 35.2 Å². The van der Waals surface area contributed by atoms with Crippen LogP contribution in [0.2, 0.25) is 0 Å². The minimum absolute atomic E-state index is 0.0414. The second-order valence-corrected chi connectivity index (χ2v) is 21.4. The summed E-state index contributed by atoms with van der Waals surface area (Å²) < 4.78 is 24.3. The van der Waals surface area contributed by atoms with Gasteiger partial charge in [0.25, 0.3) is 17.7 Å². The van der Waals surface area contributed by atoms with Gasteiger partial charge in [0.15, 0.2) is 0 Å². The summed E-state index contributed by atoms with van der Waals surface area (Å²) in [5, 5.41) is 15.1. The molecule has 2 saturated carbocycles. The van der Waals surface area contributed by atoms with E-state index in [0.717, 1.165) is 112 Å². The minimum atomic E-state index is -1.07. The molecule has 2 N–H and O–H groups in total. The molecule has 5 amide bonds. The van der Waals surface area contributed by atoms with Crippen LogP contribution in [0, 0.1) is 41.9 Å². The number of hydrogen-bond donors (Lipinski definition) is 2. The van der Waals surface area contributed by atoms with Gasteiger partial charge in [-0.3, -0.25) is 44.0 Å². The third-order valence-electron chi connectivity index (χ3n) is 16.0. The summed E-state index contributed by atoms with van der Waals surface area (Å²) in [6.07, 6.45) is 3.63. The van der Waals surface area contributed by atoms with E-state index in [0.29, 0.717) is 28.8 Å². The van der Waals surface area contributed by atoms with Gasteiger partial charge in [-0.1, -0.05) is 27.7 Å². The molecule has 6 aliphatic rings. The maximum Gasteiger partial charge on any atom is 0.266 e. The molecule has 70 heavy (non-hydrogen) atoms. The Balaban J connectivity index is 0.783. The Morgan fingerprint density at radius 2 is 1.54 bits per heavy atom.